The number of para-hydroxylation sites is 1. The standard InChI is InChI=1S/C25H34N4O4/c1-33-22-10-6-5-9-21(22)24(31)27-13-17-29(18-14-27)25(32)28-15-11-26(12-16-28)23(30)19-20-7-3-2-4-8-20/h2-3,5-6,9-10,20H,4,7-8,11-19H2,1H3/t20-/m1/s1. The van der Waals surface area contributed by atoms with Crippen molar-refractivity contribution in [1.29, 1.82) is 0 Å². The van der Waals surface area contributed by atoms with E-state index in [0.29, 0.717) is 76.0 Å². The smallest absolute Gasteiger partial charge is 0.320 e. The van der Waals surface area contributed by atoms with Gasteiger partial charge in [-0.1, -0.05) is 24.3 Å². The van der Waals surface area contributed by atoms with Crippen LogP contribution in [0.25, 0.3) is 0 Å². The molecule has 0 radical (unpaired) electrons. The maximum absolute atomic E-state index is 13.0. The van der Waals surface area contributed by atoms with Crippen LogP contribution in [0.2, 0.25) is 0 Å². The maximum Gasteiger partial charge on any atom is 0.320 e. The Bertz CT molecular complexity index is 886. The van der Waals surface area contributed by atoms with Crippen LogP contribution >= 0.6 is 0 Å². The van der Waals surface area contributed by atoms with Crippen LogP contribution in [0.4, 0.5) is 4.79 Å². The van der Waals surface area contributed by atoms with Gasteiger partial charge >= 0.3 is 6.03 Å². The molecule has 1 aliphatic carbocycles. The van der Waals surface area contributed by atoms with Crippen LogP contribution in [-0.4, -0.2) is 96.9 Å². The highest BCUT2D eigenvalue weighted by molar-refractivity contribution is 5.97. The van der Waals surface area contributed by atoms with Gasteiger partial charge in [0, 0.05) is 58.8 Å². The summed E-state index contributed by atoms with van der Waals surface area (Å²) in [6.07, 6.45) is 8.14. The normalized spacial score (nSPS) is 21.2. The molecule has 8 heteroatoms. The van der Waals surface area contributed by atoms with Gasteiger partial charge in [0.15, 0.2) is 0 Å². The SMILES string of the molecule is COc1ccccc1C(=O)N1CCN(C(=O)N2CCN(C(=O)C[C@@H]3CC=CCC3)CC2)CC1. The van der Waals surface area contributed by atoms with Gasteiger partial charge in [-0.3, -0.25) is 9.59 Å². The molecule has 2 aliphatic heterocycles. The summed E-state index contributed by atoms with van der Waals surface area (Å²) in [6.45, 7) is 4.33. The predicted molar refractivity (Wildman–Crippen MR) is 125 cm³/mol. The van der Waals surface area contributed by atoms with Crippen LogP contribution < -0.4 is 4.74 Å². The van der Waals surface area contributed by atoms with Crippen molar-refractivity contribution < 1.29 is 19.1 Å². The largest absolute Gasteiger partial charge is 0.496 e. The Kier molecular flexibility index (Phi) is 7.52. The van der Waals surface area contributed by atoms with Gasteiger partial charge in [-0.15, -0.1) is 0 Å². The minimum absolute atomic E-state index is 0.00362. The fraction of sp³-hybridized carbons (Fsp3) is 0.560. The van der Waals surface area contributed by atoms with E-state index in [-0.39, 0.29) is 17.8 Å². The van der Waals surface area contributed by atoms with Gasteiger partial charge in [0.1, 0.15) is 5.75 Å². The molecule has 0 N–H and O–H groups in total. The number of hydrogen-bond donors (Lipinski definition) is 0. The quantitative estimate of drug-likeness (QED) is 0.655. The molecule has 2 fully saturated rings. The third-order valence-electron chi connectivity index (χ3n) is 6.92. The topological polar surface area (TPSA) is 73.4 Å². The summed E-state index contributed by atoms with van der Waals surface area (Å²) >= 11 is 0. The number of rotatable bonds is 4. The number of carbonyl (C=O) groups excluding carboxylic acids is 3. The fourth-order valence-corrected chi connectivity index (χ4v) is 4.86. The molecular weight excluding hydrogens is 420 g/mol. The highest BCUT2D eigenvalue weighted by Gasteiger charge is 2.31. The van der Waals surface area contributed by atoms with Crippen LogP contribution in [-0.2, 0) is 4.79 Å². The van der Waals surface area contributed by atoms with E-state index in [1.54, 1.807) is 24.1 Å². The van der Waals surface area contributed by atoms with Gasteiger partial charge in [0.05, 0.1) is 12.7 Å². The highest BCUT2D eigenvalue weighted by Crippen LogP contribution is 2.23. The molecule has 4 amide bonds. The van der Waals surface area contributed by atoms with E-state index >= 15 is 0 Å². The van der Waals surface area contributed by atoms with Crippen LogP contribution in [0.15, 0.2) is 36.4 Å². The first kappa shape index (κ1) is 23.1. The highest BCUT2D eigenvalue weighted by atomic mass is 16.5. The molecule has 0 saturated carbocycles. The molecule has 4 rings (SSSR count). The molecule has 1 aromatic carbocycles. The summed E-state index contributed by atoms with van der Waals surface area (Å²) in [7, 11) is 1.56. The molecule has 178 valence electrons. The van der Waals surface area contributed by atoms with E-state index in [0.717, 1.165) is 19.3 Å². The second kappa shape index (κ2) is 10.7. The lowest BCUT2D eigenvalue weighted by atomic mass is 9.91. The zero-order valence-corrected chi connectivity index (χ0v) is 19.4. The van der Waals surface area contributed by atoms with Gasteiger partial charge in [-0.2, -0.15) is 0 Å². The average molecular weight is 455 g/mol. The fourth-order valence-electron chi connectivity index (χ4n) is 4.86. The van der Waals surface area contributed by atoms with Crippen molar-refractivity contribution in [3.05, 3.63) is 42.0 Å². The molecule has 8 nitrogen and oxygen atoms in total. The lowest BCUT2D eigenvalue weighted by molar-refractivity contribution is -0.133. The molecule has 33 heavy (non-hydrogen) atoms. The Labute approximate surface area is 195 Å². The molecular formula is C25H34N4O4. The van der Waals surface area contributed by atoms with Gasteiger partial charge < -0.3 is 24.3 Å². The summed E-state index contributed by atoms with van der Waals surface area (Å²) in [5, 5.41) is 0. The molecule has 1 atom stereocenters. The van der Waals surface area contributed by atoms with Crippen molar-refractivity contribution in [2.75, 3.05) is 59.5 Å². The molecule has 2 heterocycles. The van der Waals surface area contributed by atoms with E-state index in [1.807, 2.05) is 26.8 Å². The average Bonchev–Trinajstić information content (AvgIpc) is 2.88. The lowest BCUT2D eigenvalue weighted by Gasteiger charge is -2.40. The van der Waals surface area contributed by atoms with Crippen molar-refractivity contribution in [3.8, 4) is 5.75 Å². The van der Waals surface area contributed by atoms with Crippen molar-refractivity contribution in [2.45, 2.75) is 25.7 Å². The van der Waals surface area contributed by atoms with Crippen LogP contribution in [0, 0.1) is 5.92 Å². The molecule has 0 spiro atoms. The minimum atomic E-state index is -0.0693. The first-order valence-corrected chi connectivity index (χ1v) is 12.0. The number of nitrogens with zero attached hydrogens (tertiary/aromatic N) is 4. The summed E-state index contributed by atoms with van der Waals surface area (Å²) in [5.41, 5.74) is 0.546. The monoisotopic (exact) mass is 454 g/mol. The number of benzene rings is 1. The second-order valence-electron chi connectivity index (χ2n) is 8.98. The third kappa shape index (κ3) is 5.49. The summed E-state index contributed by atoms with van der Waals surface area (Å²) in [6, 6.07) is 7.22. The lowest BCUT2D eigenvalue weighted by Crippen LogP contribution is -2.58. The van der Waals surface area contributed by atoms with Crippen LogP contribution in [0.3, 0.4) is 0 Å². The van der Waals surface area contributed by atoms with Gasteiger partial charge in [0.2, 0.25) is 5.91 Å². The number of urea groups is 1. The summed E-state index contributed by atoms with van der Waals surface area (Å²) in [4.78, 5) is 45.9. The zero-order valence-electron chi connectivity index (χ0n) is 19.4. The number of ether oxygens (including phenoxy) is 1. The number of allylic oxidation sites excluding steroid dienone is 2. The molecule has 2 saturated heterocycles. The summed E-state index contributed by atoms with van der Waals surface area (Å²) < 4.78 is 5.31. The third-order valence-corrected chi connectivity index (χ3v) is 6.92. The minimum Gasteiger partial charge on any atom is -0.496 e. The first-order chi connectivity index (χ1) is 16.1. The molecule has 0 aromatic heterocycles. The van der Waals surface area contributed by atoms with E-state index in [1.165, 1.54) is 0 Å². The Hall–Kier alpha value is -3.03. The van der Waals surface area contributed by atoms with E-state index < -0.39 is 0 Å². The van der Waals surface area contributed by atoms with Crippen molar-refractivity contribution in [2.24, 2.45) is 5.92 Å². The second-order valence-corrected chi connectivity index (χ2v) is 8.98. The molecule has 1 aromatic rings. The Morgan fingerprint density at radius 2 is 1.45 bits per heavy atom. The van der Waals surface area contributed by atoms with Crippen molar-refractivity contribution in [3.63, 3.8) is 0 Å². The van der Waals surface area contributed by atoms with Gasteiger partial charge in [0.25, 0.3) is 5.91 Å². The van der Waals surface area contributed by atoms with Gasteiger partial charge in [-0.05, 0) is 37.3 Å². The van der Waals surface area contributed by atoms with Crippen LogP contribution in [0.1, 0.15) is 36.0 Å². The Morgan fingerprint density at radius 3 is 2.06 bits per heavy atom. The number of amides is 4. The predicted octanol–water partition coefficient (Wildman–Crippen LogP) is 2.46. The Balaban J connectivity index is 1.23. The Morgan fingerprint density at radius 1 is 0.848 bits per heavy atom. The number of carbonyl (C=O) groups is 3. The number of hydrogen-bond acceptors (Lipinski definition) is 4. The van der Waals surface area contributed by atoms with E-state index in [2.05, 4.69) is 12.2 Å². The van der Waals surface area contributed by atoms with Gasteiger partial charge in [-0.25, -0.2) is 4.79 Å². The molecule has 0 bridgehead atoms. The number of methoxy groups -OCH3 is 1. The number of piperazine rings is 2. The van der Waals surface area contributed by atoms with Crippen molar-refractivity contribution in [1.82, 2.24) is 19.6 Å². The zero-order chi connectivity index (χ0) is 23.2. The summed E-state index contributed by atoms with van der Waals surface area (Å²) in [5.74, 6) is 1.16. The molecule has 0 unspecified atom stereocenters. The maximum atomic E-state index is 13.0. The van der Waals surface area contributed by atoms with Crippen LogP contribution in [0.5, 0.6) is 5.75 Å². The van der Waals surface area contributed by atoms with E-state index in [4.69, 9.17) is 4.74 Å². The van der Waals surface area contributed by atoms with Crippen molar-refractivity contribution >= 4 is 17.8 Å². The first-order valence-electron chi connectivity index (χ1n) is 12.0. The molecule has 3 aliphatic rings. The van der Waals surface area contributed by atoms with E-state index in [9.17, 15) is 14.4 Å².